The number of hydrogen-bond acceptors (Lipinski definition) is 18. The summed E-state index contributed by atoms with van der Waals surface area (Å²) in [4.78, 5) is 51.9. The lowest BCUT2D eigenvalue weighted by atomic mass is 9.91. The van der Waals surface area contributed by atoms with Gasteiger partial charge in [0, 0.05) is 92.6 Å². The molecule has 412 valence electrons. The van der Waals surface area contributed by atoms with Crippen LogP contribution >= 0.6 is 11.3 Å². The first-order valence-corrected chi connectivity index (χ1v) is 28.1. The lowest BCUT2D eigenvalue weighted by molar-refractivity contribution is -0.141. The minimum absolute atomic E-state index is 0.00163. The van der Waals surface area contributed by atoms with Crippen molar-refractivity contribution in [3.63, 3.8) is 0 Å². The van der Waals surface area contributed by atoms with Crippen molar-refractivity contribution in [1.82, 2.24) is 40.5 Å². The van der Waals surface area contributed by atoms with E-state index in [0.29, 0.717) is 69.2 Å². The standard InChI is InChI=1S/C58H71N11O8S/c1-36(2)53(52-25-37(3)65-77-52)57(72)69-31-44(70)28-50(69)56(71)61-29-41-14-13-40(54-38(4)62-35-78-54)26-51(41)75-24-22-73-21-23-74-45-27-43(66(5)32-45)34-76-58-63-48-33-67(49-12-8-10-39-9-6-7-11-46(39)49)19-16-47(48)55(64-58)68-20-18-60-42(30-68)15-17-59/h6-14,25-26,35-36,42-45,50,53,60,70H,15-16,18-24,27-34H2,1-5H3,(H,61,71)/t42-,43-,44+,45+,50-,53?/m0/s1. The summed E-state index contributed by atoms with van der Waals surface area (Å²) in [5.74, 6) is 0.534. The van der Waals surface area contributed by atoms with Crippen LogP contribution in [0.3, 0.4) is 0 Å². The van der Waals surface area contributed by atoms with E-state index in [2.05, 4.69) is 91.1 Å². The minimum Gasteiger partial charge on any atom is -0.491 e. The number of aromatic nitrogens is 4. The highest BCUT2D eigenvalue weighted by Gasteiger charge is 2.43. The number of likely N-dealkylation sites (N-methyl/N-ethyl adjacent to an activating group) is 1. The molecule has 7 heterocycles. The minimum atomic E-state index is -0.854. The lowest BCUT2D eigenvalue weighted by Crippen LogP contribution is -2.51. The maximum Gasteiger partial charge on any atom is 0.318 e. The number of nitrogens with one attached hydrogen (secondary N) is 2. The van der Waals surface area contributed by atoms with Gasteiger partial charge in [0.15, 0.2) is 0 Å². The van der Waals surface area contributed by atoms with E-state index in [0.717, 1.165) is 77.8 Å². The second-order valence-corrected chi connectivity index (χ2v) is 22.1. The largest absolute Gasteiger partial charge is 0.491 e. The molecule has 6 aromatic rings. The number of β-amino-alcohol motifs (C(OH)–C–C–N with tert-alkyl or cyclic N) is 1. The van der Waals surface area contributed by atoms with Crippen molar-refractivity contribution in [3.05, 3.63) is 106 Å². The highest BCUT2D eigenvalue weighted by molar-refractivity contribution is 7.13. The van der Waals surface area contributed by atoms with Crippen molar-refractivity contribution >= 4 is 45.4 Å². The number of piperazine rings is 1. The molecule has 0 aliphatic carbocycles. The van der Waals surface area contributed by atoms with Gasteiger partial charge in [-0.2, -0.15) is 15.2 Å². The Kier molecular flexibility index (Phi) is 17.5. The zero-order valence-corrected chi connectivity index (χ0v) is 46.0. The average molecular weight is 1080 g/mol. The van der Waals surface area contributed by atoms with Gasteiger partial charge in [0.05, 0.1) is 78.5 Å². The smallest absolute Gasteiger partial charge is 0.318 e. The quantitative estimate of drug-likeness (QED) is 0.0685. The second-order valence-electron chi connectivity index (χ2n) is 21.3. The predicted molar refractivity (Wildman–Crippen MR) is 297 cm³/mol. The van der Waals surface area contributed by atoms with Crippen LogP contribution in [0.5, 0.6) is 11.8 Å². The lowest BCUT2D eigenvalue weighted by Gasteiger charge is -2.37. The fourth-order valence-electron chi connectivity index (χ4n) is 11.4. The van der Waals surface area contributed by atoms with Crippen LogP contribution in [0.15, 0.2) is 76.8 Å². The van der Waals surface area contributed by atoms with Gasteiger partial charge in [-0.15, -0.1) is 11.3 Å². The molecule has 2 amide bonds. The summed E-state index contributed by atoms with van der Waals surface area (Å²) >= 11 is 1.54. The summed E-state index contributed by atoms with van der Waals surface area (Å²) in [6.45, 7) is 14.1. The Morgan fingerprint density at radius 2 is 1.82 bits per heavy atom. The number of aryl methyl sites for hydroxylation is 2. The Bertz CT molecular complexity index is 3080. The maximum atomic E-state index is 14.0. The molecule has 4 aliphatic rings. The van der Waals surface area contributed by atoms with Gasteiger partial charge in [0.25, 0.3) is 0 Å². The summed E-state index contributed by atoms with van der Waals surface area (Å²) in [6, 6.07) is 24.6. The highest BCUT2D eigenvalue weighted by Crippen LogP contribution is 2.37. The molecule has 6 atom stereocenters. The Labute approximate surface area is 459 Å². The highest BCUT2D eigenvalue weighted by atomic mass is 32.1. The molecule has 0 bridgehead atoms. The van der Waals surface area contributed by atoms with E-state index in [-0.39, 0.29) is 62.0 Å². The van der Waals surface area contributed by atoms with Crippen LogP contribution in [0.1, 0.15) is 73.0 Å². The van der Waals surface area contributed by atoms with E-state index in [4.69, 9.17) is 33.4 Å². The molecular weight excluding hydrogens is 1010 g/mol. The van der Waals surface area contributed by atoms with E-state index in [1.165, 1.54) is 21.4 Å². The van der Waals surface area contributed by atoms with Gasteiger partial charge < -0.3 is 53.9 Å². The molecule has 1 unspecified atom stereocenters. The van der Waals surface area contributed by atoms with Crippen molar-refractivity contribution < 1.29 is 38.2 Å². The Hall–Kier alpha value is -6.73. The van der Waals surface area contributed by atoms with Gasteiger partial charge >= 0.3 is 6.01 Å². The van der Waals surface area contributed by atoms with Crippen LogP contribution in [-0.4, -0.2) is 157 Å². The van der Waals surface area contributed by atoms with Crippen molar-refractivity contribution in [2.75, 3.05) is 89.2 Å². The molecule has 3 aromatic carbocycles. The number of anilines is 2. The van der Waals surface area contributed by atoms with Crippen molar-refractivity contribution in [1.29, 1.82) is 5.26 Å². The summed E-state index contributed by atoms with van der Waals surface area (Å²) in [5, 5.41) is 33.1. The average Bonchev–Trinajstić information content (AvgIpc) is 4.32. The monoisotopic (exact) mass is 1080 g/mol. The first kappa shape index (κ1) is 54.6. The number of hydrogen-bond donors (Lipinski definition) is 3. The molecule has 4 aliphatic heterocycles. The molecule has 19 nitrogen and oxygen atoms in total. The normalized spacial score (nSPS) is 21.0. The number of rotatable bonds is 21. The number of likely N-dealkylation sites (tertiary alicyclic amines) is 2. The van der Waals surface area contributed by atoms with Gasteiger partial charge in [-0.05, 0) is 62.7 Å². The molecule has 3 N–H and O–H groups in total. The molecule has 3 fully saturated rings. The molecule has 0 radical (unpaired) electrons. The maximum absolute atomic E-state index is 14.0. The Morgan fingerprint density at radius 1 is 0.974 bits per heavy atom. The fourth-order valence-corrected chi connectivity index (χ4v) is 12.2. The van der Waals surface area contributed by atoms with Crippen molar-refractivity contribution in [2.45, 2.75) is 103 Å². The van der Waals surface area contributed by atoms with Gasteiger partial charge in [-0.1, -0.05) is 67.5 Å². The van der Waals surface area contributed by atoms with Gasteiger partial charge in [0.1, 0.15) is 42.5 Å². The molecule has 0 spiro atoms. The third kappa shape index (κ3) is 12.6. The van der Waals surface area contributed by atoms with E-state index >= 15 is 0 Å². The number of nitrogens with zero attached hydrogens (tertiary/aromatic N) is 9. The van der Waals surface area contributed by atoms with Crippen LogP contribution in [0.4, 0.5) is 11.5 Å². The first-order valence-electron chi connectivity index (χ1n) is 27.3. The van der Waals surface area contributed by atoms with Crippen LogP contribution in [0.2, 0.25) is 0 Å². The number of aliphatic hydroxyl groups excluding tert-OH is 1. The zero-order chi connectivity index (χ0) is 54.3. The number of benzene rings is 3. The van der Waals surface area contributed by atoms with E-state index in [9.17, 15) is 20.0 Å². The number of amides is 2. The predicted octanol–water partition coefficient (Wildman–Crippen LogP) is 6.19. The van der Waals surface area contributed by atoms with Gasteiger partial charge in [0.2, 0.25) is 11.8 Å². The van der Waals surface area contributed by atoms with Crippen LogP contribution in [0, 0.1) is 31.1 Å². The topological polar surface area (TPSA) is 217 Å². The second kappa shape index (κ2) is 24.9. The SMILES string of the molecule is Cc1cc(C(C(=O)N2C[C@H](O)C[C@H]2C(=O)NCc2ccc(-c3scnc3C)cc2OCCOCCO[C@@H]2C[C@@H](COc3nc4c(c(N5CCN[C@@H](CC#N)C5)n3)CCN(c3cccc5ccccc35)C4)N(C)C2)C(C)C)on1. The van der Waals surface area contributed by atoms with Crippen LogP contribution in [0.25, 0.3) is 21.2 Å². The van der Waals surface area contributed by atoms with Gasteiger partial charge in [-0.3, -0.25) is 14.5 Å². The van der Waals surface area contributed by atoms with Crippen LogP contribution in [-0.2, 0) is 38.6 Å². The molecule has 78 heavy (non-hydrogen) atoms. The number of nitriles is 1. The number of thiazole rings is 1. The molecule has 3 aromatic heterocycles. The Balaban J connectivity index is 0.718. The number of aliphatic hydroxyl groups is 1. The van der Waals surface area contributed by atoms with E-state index < -0.39 is 18.1 Å². The molecular formula is C58H71N11O8S. The fraction of sp³-hybridized carbons (Fsp3) is 0.500. The van der Waals surface area contributed by atoms with Crippen LogP contribution < -0.4 is 29.9 Å². The summed E-state index contributed by atoms with van der Waals surface area (Å²) in [6.07, 6.45) is 1.31. The number of fused-ring (bicyclic) bond motifs is 2. The zero-order valence-electron chi connectivity index (χ0n) is 45.2. The first-order chi connectivity index (χ1) is 37.9. The third-order valence-electron chi connectivity index (χ3n) is 15.4. The number of carbonyl (C=O) groups is 2. The van der Waals surface area contributed by atoms with E-state index in [1.54, 1.807) is 24.3 Å². The van der Waals surface area contributed by atoms with Crippen molar-refractivity contribution in [3.8, 4) is 28.3 Å². The summed E-state index contributed by atoms with van der Waals surface area (Å²) < 4.78 is 30.7. The molecule has 3 saturated heterocycles. The summed E-state index contributed by atoms with van der Waals surface area (Å²) in [5.41, 5.74) is 8.40. The molecule has 10 rings (SSSR count). The van der Waals surface area contributed by atoms with Crippen molar-refractivity contribution in [2.24, 2.45) is 5.92 Å². The van der Waals surface area contributed by atoms with Gasteiger partial charge in [-0.25, -0.2) is 4.98 Å². The molecule has 0 saturated carbocycles. The third-order valence-corrected chi connectivity index (χ3v) is 16.4. The number of ether oxygens (including phenoxy) is 4. The summed E-state index contributed by atoms with van der Waals surface area (Å²) in [7, 11) is 2.09. The Morgan fingerprint density at radius 3 is 2.63 bits per heavy atom. The molecule has 20 heteroatoms. The van der Waals surface area contributed by atoms with E-state index in [1.807, 2.05) is 44.5 Å². The number of carbonyl (C=O) groups excluding carboxylic acids is 2.